The summed E-state index contributed by atoms with van der Waals surface area (Å²) in [6.07, 6.45) is 1.75. The second-order valence-corrected chi connectivity index (χ2v) is 4.55. The maximum Gasteiger partial charge on any atom is 0.332 e. The molecule has 1 heterocycles. The van der Waals surface area contributed by atoms with Crippen LogP contribution in [0.3, 0.4) is 0 Å². The predicted octanol–water partition coefficient (Wildman–Crippen LogP) is 1.72. The lowest BCUT2D eigenvalue weighted by Crippen LogP contribution is -2.40. The van der Waals surface area contributed by atoms with E-state index in [1.54, 1.807) is 24.6 Å². The van der Waals surface area contributed by atoms with Gasteiger partial charge < -0.3 is 0 Å². The summed E-state index contributed by atoms with van der Waals surface area (Å²) in [5.74, 6) is 0.754. The van der Waals surface area contributed by atoms with Gasteiger partial charge in [0.15, 0.2) is 0 Å². The van der Waals surface area contributed by atoms with Crippen LogP contribution in [0.25, 0.3) is 0 Å². The number of aromatic nitrogens is 2. The largest absolute Gasteiger partial charge is 0.332 e. The lowest BCUT2D eigenvalue weighted by atomic mass is 10.2. The van der Waals surface area contributed by atoms with Crippen LogP contribution in [0, 0.1) is 12.8 Å². The SMILES string of the molecule is CCn1c(/N=C\C(C)C)c(C)c(=O)n(CC)c1=O. The van der Waals surface area contributed by atoms with Crippen LogP contribution in [0.1, 0.15) is 33.3 Å². The Kier molecular flexibility index (Phi) is 4.64. The number of hydrogen-bond acceptors (Lipinski definition) is 3. The quantitative estimate of drug-likeness (QED) is 0.765. The normalized spacial score (nSPS) is 11.7. The van der Waals surface area contributed by atoms with Crippen molar-refractivity contribution in [2.24, 2.45) is 10.9 Å². The van der Waals surface area contributed by atoms with Gasteiger partial charge in [0.2, 0.25) is 0 Å². The Hall–Kier alpha value is -1.65. The van der Waals surface area contributed by atoms with Gasteiger partial charge in [0.05, 0.1) is 5.56 Å². The molecule has 1 aromatic heterocycles. The number of hydrogen-bond donors (Lipinski definition) is 0. The minimum absolute atomic E-state index is 0.247. The summed E-state index contributed by atoms with van der Waals surface area (Å²) in [4.78, 5) is 28.4. The standard InChI is InChI=1S/C13H21N3O2/c1-6-15-11(14-8-9(3)4)10(5)12(17)16(7-2)13(15)18/h8-9H,6-7H2,1-5H3/b14-8-. The fourth-order valence-corrected chi connectivity index (χ4v) is 1.77. The molecule has 0 atom stereocenters. The molecule has 0 aliphatic rings. The molecule has 0 bridgehead atoms. The van der Waals surface area contributed by atoms with E-state index in [0.717, 1.165) is 0 Å². The summed E-state index contributed by atoms with van der Waals surface area (Å²) in [6.45, 7) is 10.3. The zero-order chi connectivity index (χ0) is 13.9. The van der Waals surface area contributed by atoms with Crippen LogP contribution >= 0.6 is 0 Å². The monoisotopic (exact) mass is 251 g/mol. The third-order valence-corrected chi connectivity index (χ3v) is 2.75. The molecule has 1 rings (SSSR count). The molecule has 0 saturated heterocycles. The maximum atomic E-state index is 12.1. The Balaban J connectivity index is 3.61. The molecule has 0 spiro atoms. The summed E-state index contributed by atoms with van der Waals surface area (Å²) in [6, 6.07) is 0. The lowest BCUT2D eigenvalue weighted by molar-refractivity contribution is 0.585. The zero-order valence-electron chi connectivity index (χ0n) is 11.7. The van der Waals surface area contributed by atoms with Crippen LogP contribution in [0.15, 0.2) is 14.6 Å². The average Bonchev–Trinajstić information content (AvgIpc) is 2.32. The summed E-state index contributed by atoms with van der Waals surface area (Å²) in [7, 11) is 0. The third-order valence-electron chi connectivity index (χ3n) is 2.75. The van der Waals surface area contributed by atoms with Crippen molar-refractivity contribution >= 4 is 12.0 Å². The van der Waals surface area contributed by atoms with E-state index in [1.165, 1.54) is 4.57 Å². The Morgan fingerprint density at radius 1 is 1.17 bits per heavy atom. The van der Waals surface area contributed by atoms with Gasteiger partial charge in [0, 0.05) is 19.3 Å². The first-order valence-corrected chi connectivity index (χ1v) is 6.32. The van der Waals surface area contributed by atoms with E-state index in [9.17, 15) is 9.59 Å². The van der Waals surface area contributed by atoms with Crippen LogP contribution < -0.4 is 11.2 Å². The van der Waals surface area contributed by atoms with Crippen molar-refractivity contribution in [3.63, 3.8) is 0 Å². The molecule has 100 valence electrons. The first-order chi connectivity index (χ1) is 8.43. The van der Waals surface area contributed by atoms with E-state index in [4.69, 9.17) is 0 Å². The number of aliphatic imine (C=N–C) groups is 1. The molecule has 0 unspecified atom stereocenters. The van der Waals surface area contributed by atoms with Crippen molar-refractivity contribution in [1.82, 2.24) is 9.13 Å². The van der Waals surface area contributed by atoms with Crippen LogP contribution in [0.4, 0.5) is 5.82 Å². The Bertz CT molecular complexity index is 565. The van der Waals surface area contributed by atoms with Crippen molar-refractivity contribution in [3.05, 3.63) is 26.4 Å². The van der Waals surface area contributed by atoms with Crippen molar-refractivity contribution in [3.8, 4) is 0 Å². The highest BCUT2D eigenvalue weighted by molar-refractivity contribution is 5.64. The first-order valence-electron chi connectivity index (χ1n) is 6.32. The van der Waals surface area contributed by atoms with E-state index in [1.807, 2.05) is 20.8 Å². The summed E-state index contributed by atoms with van der Waals surface area (Å²) < 4.78 is 2.78. The molecule has 0 fully saturated rings. The lowest BCUT2D eigenvalue weighted by Gasteiger charge is -2.13. The zero-order valence-corrected chi connectivity index (χ0v) is 11.7. The van der Waals surface area contributed by atoms with E-state index in [0.29, 0.717) is 24.5 Å². The van der Waals surface area contributed by atoms with Gasteiger partial charge in [0.1, 0.15) is 5.82 Å². The smallest absolute Gasteiger partial charge is 0.278 e. The molecule has 5 nitrogen and oxygen atoms in total. The summed E-state index contributed by atoms with van der Waals surface area (Å²) in [5, 5.41) is 0. The molecule has 0 saturated carbocycles. The molecule has 0 amide bonds. The van der Waals surface area contributed by atoms with Gasteiger partial charge in [0.25, 0.3) is 5.56 Å². The second kappa shape index (κ2) is 5.80. The fraction of sp³-hybridized carbons (Fsp3) is 0.615. The maximum absolute atomic E-state index is 12.1. The van der Waals surface area contributed by atoms with Gasteiger partial charge in [-0.15, -0.1) is 0 Å². The molecule has 0 aliphatic carbocycles. The Labute approximate surface area is 107 Å². The van der Waals surface area contributed by atoms with E-state index >= 15 is 0 Å². The first kappa shape index (κ1) is 14.4. The highest BCUT2D eigenvalue weighted by Crippen LogP contribution is 2.12. The molecule has 0 N–H and O–H groups in total. The number of nitrogens with zero attached hydrogens (tertiary/aromatic N) is 3. The van der Waals surface area contributed by atoms with E-state index < -0.39 is 0 Å². The predicted molar refractivity (Wildman–Crippen MR) is 74.0 cm³/mol. The van der Waals surface area contributed by atoms with Crippen molar-refractivity contribution in [2.75, 3.05) is 0 Å². The molecule has 18 heavy (non-hydrogen) atoms. The van der Waals surface area contributed by atoms with Gasteiger partial charge in [-0.3, -0.25) is 13.9 Å². The van der Waals surface area contributed by atoms with Crippen LogP contribution in [-0.4, -0.2) is 15.3 Å². The summed E-state index contributed by atoms with van der Waals surface area (Å²) >= 11 is 0. The van der Waals surface area contributed by atoms with Gasteiger partial charge >= 0.3 is 5.69 Å². The molecule has 0 aromatic carbocycles. The van der Waals surface area contributed by atoms with Crippen LogP contribution in [0.2, 0.25) is 0 Å². The van der Waals surface area contributed by atoms with E-state index in [2.05, 4.69) is 4.99 Å². The molecule has 5 heteroatoms. The Morgan fingerprint density at radius 3 is 2.17 bits per heavy atom. The van der Waals surface area contributed by atoms with Gasteiger partial charge in [-0.1, -0.05) is 13.8 Å². The second-order valence-electron chi connectivity index (χ2n) is 4.55. The molecular formula is C13H21N3O2. The minimum atomic E-state index is -0.286. The Morgan fingerprint density at radius 2 is 1.72 bits per heavy atom. The summed E-state index contributed by atoms with van der Waals surface area (Å²) in [5.41, 5.74) is -0.00943. The molecular weight excluding hydrogens is 230 g/mol. The highest BCUT2D eigenvalue weighted by Gasteiger charge is 2.13. The van der Waals surface area contributed by atoms with Gasteiger partial charge in [-0.2, -0.15) is 0 Å². The topological polar surface area (TPSA) is 56.4 Å². The highest BCUT2D eigenvalue weighted by atomic mass is 16.2. The van der Waals surface area contributed by atoms with Crippen LogP contribution in [-0.2, 0) is 13.1 Å². The van der Waals surface area contributed by atoms with Gasteiger partial charge in [-0.05, 0) is 26.7 Å². The van der Waals surface area contributed by atoms with Crippen LogP contribution in [0.5, 0.6) is 0 Å². The third kappa shape index (κ3) is 2.60. The molecule has 1 aromatic rings. The molecule has 0 radical (unpaired) electrons. The van der Waals surface area contributed by atoms with Crippen molar-refractivity contribution in [1.29, 1.82) is 0 Å². The minimum Gasteiger partial charge on any atom is -0.278 e. The van der Waals surface area contributed by atoms with Crippen molar-refractivity contribution < 1.29 is 0 Å². The van der Waals surface area contributed by atoms with Gasteiger partial charge in [-0.25, -0.2) is 9.79 Å². The van der Waals surface area contributed by atoms with E-state index in [-0.39, 0.29) is 17.2 Å². The molecule has 0 aliphatic heterocycles. The fourth-order valence-electron chi connectivity index (χ4n) is 1.77. The van der Waals surface area contributed by atoms with Crippen molar-refractivity contribution in [2.45, 2.75) is 47.7 Å². The number of rotatable bonds is 4. The average molecular weight is 251 g/mol.